The summed E-state index contributed by atoms with van der Waals surface area (Å²) in [4.78, 5) is 9.69. The Morgan fingerprint density at radius 2 is 2.50 bits per heavy atom. The van der Waals surface area contributed by atoms with Crippen molar-refractivity contribution in [2.24, 2.45) is 0 Å². The molecule has 2 heterocycles. The number of hydrogen-bond donors (Lipinski definition) is 2. The molecule has 5 nitrogen and oxygen atoms in total. The van der Waals surface area contributed by atoms with Crippen LogP contribution in [0.4, 0.5) is 0 Å². The van der Waals surface area contributed by atoms with Crippen LogP contribution in [0.3, 0.4) is 0 Å². The summed E-state index contributed by atoms with van der Waals surface area (Å²) in [5.74, 6) is 0.814. The topological polar surface area (TPSA) is 61.4 Å². The van der Waals surface area contributed by atoms with Crippen LogP contribution in [0, 0.1) is 0 Å². The summed E-state index contributed by atoms with van der Waals surface area (Å²) in [6.07, 6.45) is 1.66. The molecule has 1 atom stereocenters. The van der Waals surface area contributed by atoms with E-state index in [1.807, 2.05) is 0 Å². The first-order chi connectivity index (χ1) is 7.70. The minimum Gasteiger partial charge on any atom is -0.390 e. The summed E-state index contributed by atoms with van der Waals surface area (Å²) in [6.45, 7) is 6.93. The minimum atomic E-state index is -0.00633. The quantitative estimate of drug-likeness (QED) is 0.794. The molecule has 0 bridgehead atoms. The summed E-state index contributed by atoms with van der Waals surface area (Å²) in [7, 11) is 0. The first kappa shape index (κ1) is 11.6. The van der Waals surface area contributed by atoms with Crippen molar-refractivity contribution in [3.05, 3.63) is 17.7 Å². The molecule has 1 aliphatic heterocycles. The third-order valence-corrected chi connectivity index (χ3v) is 2.95. The standard InChI is InChI=1S/C11H19N3O2/c1-8(2)14-3-4-16-10(6-14)11-12-5-9(7-15)13-11/h5,8,10,15H,3-4,6-7H2,1-2H3,(H,12,13). The van der Waals surface area contributed by atoms with Gasteiger partial charge in [-0.2, -0.15) is 0 Å². The Kier molecular flexibility index (Phi) is 3.58. The van der Waals surface area contributed by atoms with Crippen molar-refractivity contribution in [3.8, 4) is 0 Å². The molecule has 1 unspecified atom stereocenters. The molecule has 2 N–H and O–H groups in total. The molecule has 0 saturated carbocycles. The highest BCUT2D eigenvalue weighted by atomic mass is 16.5. The third-order valence-electron chi connectivity index (χ3n) is 2.95. The Bertz CT molecular complexity index is 338. The number of imidazole rings is 1. The van der Waals surface area contributed by atoms with Gasteiger partial charge in [-0.3, -0.25) is 4.90 Å². The Balaban J connectivity index is 2.03. The fraction of sp³-hybridized carbons (Fsp3) is 0.727. The smallest absolute Gasteiger partial charge is 0.136 e. The van der Waals surface area contributed by atoms with Gasteiger partial charge in [-0.15, -0.1) is 0 Å². The van der Waals surface area contributed by atoms with Gasteiger partial charge in [0.1, 0.15) is 11.9 Å². The number of ether oxygens (including phenoxy) is 1. The van der Waals surface area contributed by atoms with Crippen LogP contribution in [-0.2, 0) is 11.3 Å². The van der Waals surface area contributed by atoms with Crippen LogP contribution in [0.5, 0.6) is 0 Å². The lowest BCUT2D eigenvalue weighted by Crippen LogP contribution is -2.42. The highest BCUT2D eigenvalue weighted by Gasteiger charge is 2.25. The lowest BCUT2D eigenvalue weighted by Gasteiger charge is -2.34. The van der Waals surface area contributed by atoms with E-state index in [1.165, 1.54) is 0 Å². The van der Waals surface area contributed by atoms with Crippen molar-refractivity contribution in [1.82, 2.24) is 14.9 Å². The Morgan fingerprint density at radius 1 is 1.69 bits per heavy atom. The van der Waals surface area contributed by atoms with Gasteiger partial charge < -0.3 is 14.8 Å². The van der Waals surface area contributed by atoms with Crippen molar-refractivity contribution >= 4 is 0 Å². The first-order valence-corrected chi connectivity index (χ1v) is 5.71. The fourth-order valence-corrected chi connectivity index (χ4v) is 1.92. The normalized spacial score (nSPS) is 22.9. The van der Waals surface area contributed by atoms with E-state index in [-0.39, 0.29) is 12.7 Å². The van der Waals surface area contributed by atoms with Gasteiger partial charge in [-0.05, 0) is 13.8 Å². The number of aromatic nitrogens is 2. The lowest BCUT2D eigenvalue weighted by molar-refractivity contribution is -0.0439. The van der Waals surface area contributed by atoms with Crippen molar-refractivity contribution in [2.45, 2.75) is 32.6 Å². The molecule has 16 heavy (non-hydrogen) atoms. The second-order valence-corrected chi connectivity index (χ2v) is 4.40. The molecule has 1 aliphatic rings. The van der Waals surface area contributed by atoms with Gasteiger partial charge in [0.15, 0.2) is 0 Å². The number of aromatic amines is 1. The van der Waals surface area contributed by atoms with E-state index in [0.717, 1.165) is 31.2 Å². The van der Waals surface area contributed by atoms with E-state index in [2.05, 4.69) is 28.7 Å². The fourth-order valence-electron chi connectivity index (χ4n) is 1.92. The van der Waals surface area contributed by atoms with E-state index in [0.29, 0.717) is 6.04 Å². The Morgan fingerprint density at radius 3 is 3.12 bits per heavy atom. The molecule has 0 aromatic carbocycles. The molecular formula is C11H19N3O2. The van der Waals surface area contributed by atoms with Gasteiger partial charge in [-0.1, -0.05) is 0 Å². The summed E-state index contributed by atoms with van der Waals surface area (Å²) in [5.41, 5.74) is 0.736. The van der Waals surface area contributed by atoms with Gasteiger partial charge in [-0.25, -0.2) is 4.98 Å². The molecule has 1 aromatic rings. The number of hydrogen-bond acceptors (Lipinski definition) is 4. The highest BCUT2D eigenvalue weighted by Crippen LogP contribution is 2.20. The van der Waals surface area contributed by atoms with Crippen LogP contribution in [0.15, 0.2) is 6.20 Å². The van der Waals surface area contributed by atoms with Gasteiger partial charge in [0.25, 0.3) is 0 Å². The zero-order valence-corrected chi connectivity index (χ0v) is 9.81. The SMILES string of the molecule is CC(C)N1CCOC(c2ncc(CO)[nH]2)C1. The summed E-state index contributed by atoms with van der Waals surface area (Å²) in [6, 6.07) is 0.527. The van der Waals surface area contributed by atoms with Crippen LogP contribution in [0.25, 0.3) is 0 Å². The van der Waals surface area contributed by atoms with Gasteiger partial charge in [0.2, 0.25) is 0 Å². The predicted molar refractivity (Wildman–Crippen MR) is 59.9 cm³/mol. The minimum absolute atomic E-state index is 0.00329. The maximum Gasteiger partial charge on any atom is 0.136 e. The highest BCUT2D eigenvalue weighted by molar-refractivity contribution is 5.03. The average molecular weight is 225 g/mol. The zero-order valence-electron chi connectivity index (χ0n) is 9.81. The van der Waals surface area contributed by atoms with Crippen molar-refractivity contribution in [1.29, 1.82) is 0 Å². The molecule has 1 saturated heterocycles. The predicted octanol–water partition coefficient (Wildman–Crippen LogP) is 0.684. The molecule has 90 valence electrons. The zero-order chi connectivity index (χ0) is 11.5. The maximum absolute atomic E-state index is 8.97. The summed E-state index contributed by atoms with van der Waals surface area (Å²) >= 11 is 0. The molecule has 1 fully saturated rings. The Hall–Kier alpha value is -0.910. The van der Waals surface area contributed by atoms with Crippen molar-refractivity contribution in [2.75, 3.05) is 19.7 Å². The summed E-state index contributed by atoms with van der Waals surface area (Å²) in [5, 5.41) is 8.97. The van der Waals surface area contributed by atoms with Crippen LogP contribution in [-0.4, -0.2) is 45.7 Å². The first-order valence-electron chi connectivity index (χ1n) is 5.71. The molecule has 0 radical (unpaired) electrons. The largest absolute Gasteiger partial charge is 0.390 e. The molecule has 0 spiro atoms. The van der Waals surface area contributed by atoms with E-state index in [4.69, 9.17) is 9.84 Å². The van der Waals surface area contributed by atoms with Crippen molar-refractivity contribution < 1.29 is 9.84 Å². The van der Waals surface area contributed by atoms with Crippen LogP contribution < -0.4 is 0 Å². The number of rotatable bonds is 3. The van der Waals surface area contributed by atoms with Gasteiger partial charge >= 0.3 is 0 Å². The lowest BCUT2D eigenvalue weighted by atomic mass is 10.2. The van der Waals surface area contributed by atoms with Crippen LogP contribution in [0.2, 0.25) is 0 Å². The molecule has 0 amide bonds. The van der Waals surface area contributed by atoms with E-state index < -0.39 is 0 Å². The van der Waals surface area contributed by atoms with Gasteiger partial charge in [0, 0.05) is 19.1 Å². The van der Waals surface area contributed by atoms with E-state index >= 15 is 0 Å². The molecule has 2 rings (SSSR count). The number of morpholine rings is 1. The monoisotopic (exact) mass is 225 g/mol. The Labute approximate surface area is 95.4 Å². The maximum atomic E-state index is 8.97. The second kappa shape index (κ2) is 4.95. The number of nitrogens with one attached hydrogen (secondary N) is 1. The summed E-state index contributed by atoms with van der Waals surface area (Å²) < 4.78 is 5.69. The number of nitrogens with zero attached hydrogens (tertiary/aromatic N) is 2. The molecule has 0 aliphatic carbocycles. The molecular weight excluding hydrogens is 206 g/mol. The number of H-pyrrole nitrogens is 1. The van der Waals surface area contributed by atoms with Crippen LogP contribution in [0.1, 0.15) is 31.5 Å². The van der Waals surface area contributed by atoms with Crippen molar-refractivity contribution in [3.63, 3.8) is 0 Å². The van der Waals surface area contributed by atoms with E-state index in [1.54, 1.807) is 6.20 Å². The number of aliphatic hydroxyl groups excluding tert-OH is 1. The second-order valence-electron chi connectivity index (χ2n) is 4.40. The molecule has 1 aromatic heterocycles. The van der Waals surface area contributed by atoms with Gasteiger partial charge in [0.05, 0.1) is 25.1 Å². The third kappa shape index (κ3) is 2.42. The van der Waals surface area contributed by atoms with E-state index in [9.17, 15) is 0 Å². The molecule has 5 heteroatoms. The number of aliphatic hydroxyl groups is 1. The van der Waals surface area contributed by atoms with Crippen LogP contribution >= 0.6 is 0 Å². The average Bonchev–Trinajstić information content (AvgIpc) is 2.77.